The molecule has 1 rings (SSSR count). The number of ether oxygens (including phenoxy) is 1. The van der Waals surface area contributed by atoms with Gasteiger partial charge in [-0.25, -0.2) is 14.2 Å². The zero-order chi connectivity index (χ0) is 10.8. The summed E-state index contributed by atoms with van der Waals surface area (Å²) in [6, 6.07) is 0. The van der Waals surface area contributed by atoms with Crippen LogP contribution in [0.4, 0.5) is 9.18 Å². The van der Waals surface area contributed by atoms with Gasteiger partial charge in [0.2, 0.25) is 0 Å². The van der Waals surface area contributed by atoms with Crippen molar-refractivity contribution in [2.45, 2.75) is 39.0 Å². The predicted molar refractivity (Wildman–Crippen MR) is 50.5 cm³/mol. The maximum atomic E-state index is 12.7. The highest BCUT2D eigenvalue weighted by molar-refractivity contribution is 5.67. The molecule has 1 aliphatic heterocycles. The number of nitrogens with one attached hydrogen (secondary N) is 1. The van der Waals surface area contributed by atoms with E-state index in [4.69, 9.17) is 4.74 Å². The van der Waals surface area contributed by atoms with Crippen LogP contribution >= 0.6 is 0 Å². The molecule has 0 aliphatic carbocycles. The quantitative estimate of drug-likeness (QED) is 0.703. The highest BCUT2D eigenvalue weighted by atomic mass is 19.1. The first kappa shape index (κ1) is 11.2. The van der Waals surface area contributed by atoms with Crippen LogP contribution in [0.2, 0.25) is 0 Å². The van der Waals surface area contributed by atoms with Crippen LogP contribution in [-0.4, -0.2) is 36.0 Å². The number of hydrogen-bond donors (Lipinski definition) is 1. The van der Waals surface area contributed by atoms with E-state index in [1.165, 1.54) is 0 Å². The number of nitrogens with zero attached hydrogens (tertiary/aromatic N) is 1. The number of hydrazine groups is 1. The van der Waals surface area contributed by atoms with Crippen LogP contribution in [0, 0.1) is 0 Å². The van der Waals surface area contributed by atoms with Gasteiger partial charge in [0, 0.05) is 13.1 Å². The summed E-state index contributed by atoms with van der Waals surface area (Å²) < 4.78 is 17.7. The molecule has 1 saturated heterocycles. The number of carbonyl (C=O) groups is 1. The summed E-state index contributed by atoms with van der Waals surface area (Å²) in [5, 5.41) is 1.54. The minimum Gasteiger partial charge on any atom is -0.443 e. The van der Waals surface area contributed by atoms with Crippen molar-refractivity contribution < 1.29 is 13.9 Å². The number of carbonyl (C=O) groups excluding carboxylic acids is 1. The summed E-state index contributed by atoms with van der Waals surface area (Å²) in [6.07, 6.45) is -0.896. The lowest BCUT2D eigenvalue weighted by Crippen LogP contribution is -2.43. The summed E-state index contributed by atoms with van der Waals surface area (Å²) >= 11 is 0. The molecule has 1 amide bonds. The molecule has 14 heavy (non-hydrogen) atoms. The summed E-state index contributed by atoms with van der Waals surface area (Å²) in [7, 11) is 0. The van der Waals surface area contributed by atoms with E-state index in [1.807, 2.05) is 0 Å². The standard InChI is InChI=1S/C9H17FN2O2/c1-9(2,3)14-8(13)11-12-5-4-7(10)6-12/h7H,4-6H2,1-3H3,(H,11,13). The van der Waals surface area contributed by atoms with E-state index < -0.39 is 17.9 Å². The third-order valence-electron chi connectivity index (χ3n) is 1.78. The predicted octanol–water partition coefficient (Wildman–Crippen LogP) is 1.47. The van der Waals surface area contributed by atoms with Gasteiger partial charge in [0.15, 0.2) is 0 Å². The van der Waals surface area contributed by atoms with Gasteiger partial charge < -0.3 is 4.74 Å². The van der Waals surface area contributed by atoms with Crippen LogP contribution in [0.3, 0.4) is 0 Å². The molecule has 5 heteroatoms. The third kappa shape index (κ3) is 3.91. The lowest BCUT2D eigenvalue weighted by molar-refractivity contribution is 0.0358. The molecule has 0 aromatic heterocycles. The molecule has 1 unspecified atom stereocenters. The Hall–Kier alpha value is -0.840. The van der Waals surface area contributed by atoms with Crippen molar-refractivity contribution in [2.75, 3.05) is 13.1 Å². The monoisotopic (exact) mass is 204 g/mol. The SMILES string of the molecule is CC(C)(C)OC(=O)NN1CCC(F)C1. The first-order valence-corrected chi connectivity index (χ1v) is 4.75. The van der Waals surface area contributed by atoms with Crippen molar-refractivity contribution in [2.24, 2.45) is 0 Å². The molecule has 0 bridgehead atoms. The Morgan fingerprint density at radius 2 is 2.21 bits per heavy atom. The second-order valence-electron chi connectivity index (χ2n) is 4.45. The Kier molecular flexibility index (Phi) is 3.31. The van der Waals surface area contributed by atoms with Gasteiger partial charge in [-0.1, -0.05) is 0 Å². The van der Waals surface area contributed by atoms with E-state index >= 15 is 0 Å². The molecular weight excluding hydrogens is 187 g/mol. The average Bonchev–Trinajstić information content (AvgIpc) is 2.30. The fourth-order valence-electron chi connectivity index (χ4n) is 1.25. The van der Waals surface area contributed by atoms with Crippen LogP contribution < -0.4 is 5.43 Å². The molecular formula is C9H17FN2O2. The maximum Gasteiger partial charge on any atom is 0.422 e. The number of hydrogen-bond acceptors (Lipinski definition) is 3. The number of halogens is 1. The molecule has 0 radical (unpaired) electrons. The molecule has 4 nitrogen and oxygen atoms in total. The zero-order valence-corrected chi connectivity index (χ0v) is 8.84. The summed E-state index contributed by atoms with van der Waals surface area (Å²) in [5.74, 6) is 0. The molecule has 0 aromatic carbocycles. The van der Waals surface area contributed by atoms with Gasteiger partial charge >= 0.3 is 6.09 Å². The Bertz CT molecular complexity index is 215. The maximum absolute atomic E-state index is 12.7. The molecule has 0 spiro atoms. The fraction of sp³-hybridized carbons (Fsp3) is 0.889. The van der Waals surface area contributed by atoms with Gasteiger partial charge in [-0.05, 0) is 27.2 Å². The Morgan fingerprint density at radius 1 is 1.57 bits per heavy atom. The summed E-state index contributed by atoms with van der Waals surface area (Å²) in [6.45, 7) is 6.15. The summed E-state index contributed by atoms with van der Waals surface area (Å²) in [5.41, 5.74) is 1.98. The van der Waals surface area contributed by atoms with Gasteiger partial charge in [0.1, 0.15) is 11.8 Å². The molecule has 0 saturated carbocycles. The normalized spacial score (nSPS) is 23.6. The van der Waals surface area contributed by atoms with Crippen molar-refractivity contribution in [3.8, 4) is 0 Å². The van der Waals surface area contributed by atoms with Gasteiger partial charge in [-0.15, -0.1) is 0 Å². The number of amides is 1. The first-order chi connectivity index (χ1) is 6.37. The minimum absolute atomic E-state index is 0.249. The van der Waals surface area contributed by atoms with Crippen molar-refractivity contribution in [1.82, 2.24) is 10.4 Å². The average molecular weight is 204 g/mol. The second-order valence-corrected chi connectivity index (χ2v) is 4.45. The second kappa shape index (κ2) is 4.13. The van der Waals surface area contributed by atoms with Crippen molar-refractivity contribution in [1.29, 1.82) is 0 Å². The Balaban J connectivity index is 2.27. The lowest BCUT2D eigenvalue weighted by Gasteiger charge is -2.22. The first-order valence-electron chi connectivity index (χ1n) is 4.75. The van der Waals surface area contributed by atoms with Crippen molar-refractivity contribution in [3.63, 3.8) is 0 Å². The van der Waals surface area contributed by atoms with Crippen LogP contribution in [0.25, 0.3) is 0 Å². The molecule has 1 heterocycles. The molecule has 0 aromatic rings. The van der Waals surface area contributed by atoms with Crippen LogP contribution in [0.1, 0.15) is 27.2 Å². The fourth-order valence-corrected chi connectivity index (χ4v) is 1.25. The van der Waals surface area contributed by atoms with E-state index in [0.717, 1.165) is 0 Å². The van der Waals surface area contributed by atoms with Crippen LogP contribution in [0.15, 0.2) is 0 Å². The van der Waals surface area contributed by atoms with E-state index in [2.05, 4.69) is 5.43 Å². The largest absolute Gasteiger partial charge is 0.443 e. The molecule has 82 valence electrons. The minimum atomic E-state index is -0.843. The third-order valence-corrected chi connectivity index (χ3v) is 1.78. The number of rotatable bonds is 1. The van der Waals surface area contributed by atoms with E-state index in [1.54, 1.807) is 25.8 Å². The van der Waals surface area contributed by atoms with Crippen LogP contribution in [-0.2, 0) is 4.74 Å². The van der Waals surface area contributed by atoms with Gasteiger partial charge in [0.25, 0.3) is 0 Å². The molecule has 1 N–H and O–H groups in total. The summed E-state index contributed by atoms with van der Waals surface area (Å²) in [4.78, 5) is 11.2. The molecule has 1 fully saturated rings. The molecule has 1 atom stereocenters. The van der Waals surface area contributed by atoms with Gasteiger partial charge in [-0.3, -0.25) is 5.43 Å². The van der Waals surface area contributed by atoms with E-state index in [-0.39, 0.29) is 6.54 Å². The highest BCUT2D eigenvalue weighted by Gasteiger charge is 2.25. The number of alkyl halides is 1. The van der Waals surface area contributed by atoms with Crippen molar-refractivity contribution >= 4 is 6.09 Å². The Morgan fingerprint density at radius 3 is 2.64 bits per heavy atom. The molecule has 1 aliphatic rings. The van der Waals surface area contributed by atoms with Gasteiger partial charge in [-0.2, -0.15) is 0 Å². The topological polar surface area (TPSA) is 41.6 Å². The Labute approximate surface area is 83.4 Å². The lowest BCUT2D eigenvalue weighted by atomic mass is 10.2. The highest BCUT2D eigenvalue weighted by Crippen LogP contribution is 2.11. The van der Waals surface area contributed by atoms with Gasteiger partial charge in [0.05, 0.1) is 0 Å². The van der Waals surface area contributed by atoms with Crippen molar-refractivity contribution in [3.05, 3.63) is 0 Å². The zero-order valence-electron chi connectivity index (χ0n) is 8.84. The van der Waals surface area contributed by atoms with E-state index in [9.17, 15) is 9.18 Å². The van der Waals surface area contributed by atoms with E-state index in [0.29, 0.717) is 13.0 Å². The smallest absolute Gasteiger partial charge is 0.422 e. The van der Waals surface area contributed by atoms with Crippen LogP contribution in [0.5, 0.6) is 0 Å².